The molecule has 3 heterocycles. The van der Waals surface area contributed by atoms with Crippen LogP contribution in [0.25, 0.3) is 11.4 Å². The fraction of sp³-hybridized carbons (Fsp3) is 0.350. The van der Waals surface area contributed by atoms with Crippen molar-refractivity contribution in [2.24, 2.45) is 0 Å². The molecule has 1 unspecified atom stereocenters. The van der Waals surface area contributed by atoms with E-state index < -0.39 is 10.0 Å². The molecule has 158 valence electrons. The SMILES string of the molecule is Cc1cc(-c2noc(C(C)N3CCN(S(=O)(=O)c4cccnc4)CC3)n2)ccc1F. The number of pyridine rings is 1. The molecule has 3 aromatic rings. The van der Waals surface area contributed by atoms with Crippen LogP contribution < -0.4 is 0 Å². The van der Waals surface area contributed by atoms with Crippen LogP contribution in [0, 0.1) is 12.7 Å². The van der Waals surface area contributed by atoms with Crippen LogP contribution in [0.4, 0.5) is 4.39 Å². The van der Waals surface area contributed by atoms with Crippen LogP contribution >= 0.6 is 0 Å². The summed E-state index contributed by atoms with van der Waals surface area (Å²) in [5.41, 5.74) is 1.20. The van der Waals surface area contributed by atoms with Gasteiger partial charge in [0, 0.05) is 44.1 Å². The number of aryl methyl sites for hydroxylation is 1. The van der Waals surface area contributed by atoms with Crippen molar-refractivity contribution >= 4 is 10.0 Å². The van der Waals surface area contributed by atoms with Crippen molar-refractivity contribution in [2.75, 3.05) is 26.2 Å². The smallest absolute Gasteiger partial charge is 0.244 e. The third-order valence-corrected chi connectivity index (χ3v) is 7.19. The van der Waals surface area contributed by atoms with Crippen LogP contribution in [0.15, 0.2) is 52.1 Å². The van der Waals surface area contributed by atoms with Crippen LogP contribution in [0.3, 0.4) is 0 Å². The van der Waals surface area contributed by atoms with Crippen LogP contribution in [-0.2, 0) is 10.0 Å². The molecule has 1 aliphatic heterocycles. The minimum absolute atomic E-state index is 0.170. The largest absolute Gasteiger partial charge is 0.337 e. The highest BCUT2D eigenvalue weighted by atomic mass is 32.2. The first-order valence-corrected chi connectivity index (χ1v) is 11.0. The Morgan fingerprint density at radius 3 is 2.60 bits per heavy atom. The molecule has 1 aromatic carbocycles. The first kappa shape index (κ1) is 20.6. The number of nitrogens with zero attached hydrogens (tertiary/aromatic N) is 5. The standard InChI is InChI=1S/C20H22FN5O3S/c1-14-12-16(5-6-18(14)21)19-23-20(29-24-19)15(2)25-8-10-26(11-9-25)30(27,28)17-4-3-7-22-13-17/h3-7,12-13,15H,8-11H2,1-2H3. The lowest BCUT2D eigenvalue weighted by atomic mass is 10.1. The van der Waals surface area contributed by atoms with Crippen molar-refractivity contribution < 1.29 is 17.3 Å². The predicted molar refractivity (Wildman–Crippen MR) is 107 cm³/mol. The Labute approximate surface area is 174 Å². The van der Waals surface area contributed by atoms with Crippen molar-refractivity contribution in [3.63, 3.8) is 0 Å². The molecule has 2 aromatic heterocycles. The van der Waals surface area contributed by atoms with E-state index in [0.717, 1.165) is 0 Å². The quantitative estimate of drug-likeness (QED) is 0.613. The molecule has 8 nitrogen and oxygen atoms in total. The third kappa shape index (κ3) is 3.98. The van der Waals surface area contributed by atoms with Gasteiger partial charge in [0.05, 0.1) is 6.04 Å². The number of sulfonamides is 1. The van der Waals surface area contributed by atoms with Gasteiger partial charge in [-0.15, -0.1) is 0 Å². The van der Waals surface area contributed by atoms with Gasteiger partial charge in [-0.2, -0.15) is 9.29 Å². The summed E-state index contributed by atoms with van der Waals surface area (Å²) < 4.78 is 45.9. The number of halogens is 1. The van der Waals surface area contributed by atoms with Gasteiger partial charge in [-0.25, -0.2) is 12.8 Å². The molecular formula is C20H22FN5O3S. The van der Waals surface area contributed by atoms with Gasteiger partial charge in [0.1, 0.15) is 10.7 Å². The number of piperazine rings is 1. The molecule has 0 aliphatic carbocycles. The molecule has 0 bridgehead atoms. The molecule has 0 saturated carbocycles. The number of rotatable bonds is 5. The molecule has 1 fully saturated rings. The Balaban J connectivity index is 1.43. The Bertz CT molecular complexity index is 1130. The van der Waals surface area contributed by atoms with Gasteiger partial charge in [-0.05, 0) is 49.7 Å². The maximum absolute atomic E-state index is 13.5. The molecule has 0 spiro atoms. The predicted octanol–water partition coefficient (Wildman–Crippen LogP) is 2.65. The average molecular weight is 431 g/mol. The zero-order chi connectivity index (χ0) is 21.3. The van der Waals surface area contributed by atoms with E-state index >= 15 is 0 Å². The van der Waals surface area contributed by atoms with Gasteiger partial charge in [0.15, 0.2) is 0 Å². The van der Waals surface area contributed by atoms with Crippen LogP contribution in [0.2, 0.25) is 0 Å². The van der Waals surface area contributed by atoms with E-state index in [1.54, 1.807) is 37.4 Å². The van der Waals surface area contributed by atoms with Crippen LogP contribution in [0.5, 0.6) is 0 Å². The Morgan fingerprint density at radius 1 is 1.17 bits per heavy atom. The molecule has 0 N–H and O–H groups in total. The van der Waals surface area contributed by atoms with Crippen molar-refractivity contribution in [1.82, 2.24) is 24.3 Å². The lowest BCUT2D eigenvalue weighted by Crippen LogP contribution is -2.49. The summed E-state index contributed by atoms with van der Waals surface area (Å²) in [6, 6.07) is 7.66. The van der Waals surface area contributed by atoms with Gasteiger partial charge < -0.3 is 4.52 Å². The minimum Gasteiger partial charge on any atom is -0.337 e. The molecule has 30 heavy (non-hydrogen) atoms. The summed E-state index contributed by atoms with van der Waals surface area (Å²) in [7, 11) is -3.55. The number of aromatic nitrogens is 3. The van der Waals surface area contributed by atoms with Gasteiger partial charge in [0.2, 0.25) is 21.7 Å². The van der Waals surface area contributed by atoms with Gasteiger partial charge in [-0.3, -0.25) is 9.88 Å². The molecular weight excluding hydrogens is 409 g/mol. The summed E-state index contributed by atoms with van der Waals surface area (Å²) in [6.07, 6.45) is 2.91. The Morgan fingerprint density at radius 2 is 1.93 bits per heavy atom. The topological polar surface area (TPSA) is 92.4 Å². The Hall–Kier alpha value is -2.69. The highest BCUT2D eigenvalue weighted by Gasteiger charge is 2.32. The Kier molecular flexibility index (Phi) is 5.63. The maximum Gasteiger partial charge on any atom is 0.244 e. The zero-order valence-corrected chi connectivity index (χ0v) is 17.5. The first-order valence-electron chi connectivity index (χ1n) is 9.60. The van der Waals surface area contributed by atoms with E-state index in [1.165, 1.54) is 16.6 Å². The van der Waals surface area contributed by atoms with E-state index in [0.29, 0.717) is 49.0 Å². The van der Waals surface area contributed by atoms with Crippen molar-refractivity contribution in [3.8, 4) is 11.4 Å². The van der Waals surface area contributed by atoms with Gasteiger partial charge >= 0.3 is 0 Å². The summed E-state index contributed by atoms with van der Waals surface area (Å²) >= 11 is 0. The summed E-state index contributed by atoms with van der Waals surface area (Å²) in [5, 5.41) is 4.02. The number of benzene rings is 1. The minimum atomic E-state index is -3.55. The molecule has 1 saturated heterocycles. The average Bonchev–Trinajstić information content (AvgIpc) is 3.26. The second kappa shape index (κ2) is 8.21. The molecule has 1 aliphatic rings. The lowest BCUT2D eigenvalue weighted by Gasteiger charge is -2.36. The van der Waals surface area contributed by atoms with Crippen LogP contribution in [0.1, 0.15) is 24.4 Å². The van der Waals surface area contributed by atoms with E-state index in [4.69, 9.17) is 4.52 Å². The number of hydrogen-bond acceptors (Lipinski definition) is 7. The van der Waals surface area contributed by atoms with Crippen molar-refractivity contribution in [1.29, 1.82) is 0 Å². The normalized spacial score (nSPS) is 17.2. The van der Waals surface area contributed by atoms with Crippen molar-refractivity contribution in [2.45, 2.75) is 24.8 Å². The third-order valence-electron chi connectivity index (χ3n) is 5.31. The molecule has 10 heteroatoms. The van der Waals surface area contributed by atoms with E-state index in [2.05, 4.69) is 20.0 Å². The fourth-order valence-electron chi connectivity index (χ4n) is 3.44. The lowest BCUT2D eigenvalue weighted by molar-refractivity contribution is 0.124. The monoisotopic (exact) mass is 431 g/mol. The van der Waals surface area contributed by atoms with Gasteiger partial charge in [0.25, 0.3) is 0 Å². The highest BCUT2D eigenvalue weighted by molar-refractivity contribution is 7.89. The maximum atomic E-state index is 13.5. The molecule has 0 radical (unpaired) electrons. The van der Waals surface area contributed by atoms with E-state index in [-0.39, 0.29) is 16.8 Å². The molecule has 4 rings (SSSR count). The van der Waals surface area contributed by atoms with Crippen molar-refractivity contribution in [3.05, 3.63) is 60.0 Å². The first-order chi connectivity index (χ1) is 14.4. The molecule has 0 amide bonds. The van der Waals surface area contributed by atoms with Gasteiger partial charge in [-0.1, -0.05) is 5.16 Å². The summed E-state index contributed by atoms with van der Waals surface area (Å²) in [6.45, 7) is 5.42. The fourth-order valence-corrected chi connectivity index (χ4v) is 4.83. The second-order valence-corrected chi connectivity index (χ2v) is 9.16. The van der Waals surface area contributed by atoms with E-state index in [9.17, 15) is 12.8 Å². The highest BCUT2D eigenvalue weighted by Crippen LogP contribution is 2.26. The summed E-state index contributed by atoms with van der Waals surface area (Å²) in [5.74, 6) is 0.559. The zero-order valence-electron chi connectivity index (χ0n) is 16.7. The molecule has 1 atom stereocenters. The second-order valence-electron chi connectivity index (χ2n) is 7.22. The number of hydrogen-bond donors (Lipinski definition) is 0. The van der Waals surface area contributed by atoms with Crippen LogP contribution in [-0.4, -0.2) is 58.9 Å². The van der Waals surface area contributed by atoms with E-state index in [1.807, 2.05) is 6.92 Å². The summed E-state index contributed by atoms with van der Waals surface area (Å²) in [4.78, 5) is 10.7.